The van der Waals surface area contributed by atoms with Gasteiger partial charge < -0.3 is 15.4 Å². The fraction of sp³-hybridized carbons (Fsp3) is 0.923. The maximum absolute atomic E-state index is 12.4. The standard InChI is InChI=1S/C13H24N2O2.ClH/c1-9-3-4-10(2)15(8-9)13(16)12-6-5-11(7-14)17-12;/h9-12H,3-8,14H2,1-2H3;1H/t9?,10?,11-,12+;/m1./s1. The van der Waals surface area contributed by atoms with Gasteiger partial charge in [0.25, 0.3) is 5.91 Å². The Kier molecular flexibility index (Phi) is 5.89. The second-order valence-corrected chi connectivity index (χ2v) is 5.58. The van der Waals surface area contributed by atoms with E-state index >= 15 is 0 Å². The SMILES string of the molecule is CC1CCC(C)N(C(=O)[C@@H]2CC[C@H](CN)O2)C1.Cl. The van der Waals surface area contributed by atoms with E-state index < -0.39 is 0 Å². The van der Waals surface area contributed by atoms with Gasteiger partial charge in [-0.15, -0.1) is 12.4 Å². The van der Waals surface area contributed by atoms with Crippen LogP contribution in [0.1, 0.15) is 39.5 Å². The van der Waals surface area contributed by atoms with E-state index in [1.165, 1.54) is 6.42 Å². The summed E-state index contributed by atoms with van der Waals surface area (Å²) in [6.07, 6.45) is 3.93. The Morgan fingerprint density at radius 3 is 2.61 bits per heavy atom. The fourth-order valence-corrected chi connectivity index (χ4v) is 2.84. The van der Waals surface area contributed by atoms with Crippen LogP contribution in [-0.4, -0.2) is 42.1 Å². The molecule has 2 N–H and O–H groups in total. The molecule has 2 heterocycles. The van der Waals surface area contributed by atoms with Crippen LogP contribution in [-0.2, 0) is 9.53 Å². The summed E-state index contributed by atoms with van der Waals surface area (Å²) >= 11 is 0. The number of nitrogens with two attached hydrogens (primary N) is 1. The zero-order valence-corrected chi connectivity index (χ0v) is 12.1. The molecule has 1 amide bonds. The number of halogens is 1. The van der Waals surface area contributed by atoms with Crippen LogP contribution in [0.4, 0.5) is 0 Å². The molecule has 0 aromatic rings. The van der Waals surface area contributed by atoms with E-state index in [0.717, 1.165) is 25.8 Å². The smallest absolute Gasteiger partial charge is 0.251 e. The first-order chi connectivity index (χ1) is 8.11. The number of carbonyl (C=O) groups is 1. The second kappa shape index (κ2) is 6.73. The Hall–Kier alpha value is -0.320. The molecule has 2 saturated heterocycles. The van der Waals surface area contributed by atoms with Crippen LogP contribution in [0.3, 0.4) is 0 Å². The average Bonchev–Trinajstić information content (AvgIpc) is 2.80. The van der Waals surface area contributed by atoms with Gasteiger partial charge >= 0.3 is 0 Å². The third-order valence-electron chi connectivity index (χ3n) is 4.05. The molecule has 2 unspecified atom stereocenters. The van der Waals surface area contributed by atoms with Crippen molar-refractivity contribution in [2.75, 3.05) is 13.1 Å². The normalized spacial score (nSPS) is 36.3. The number of carbonyl (C=O) groups excluding carboxylic acids is 1. The molecule has 0 aliphatic carbocycles. The molecule has 0 radical (unpaired) electrons. The van der Waals surface area contributed by atoms with Crippen molar-refractivity contribution in [3.05, 3.63) is 0 Å². The van der Waals surface area contributed by atoms with Crippen LogP contribution in [0.5, 0.6) is 0 Å². The lowest BCUT2D eigenvalue weighted by Crippen LogP contribution is -2.49. The van der Waals surface area contributed by atoms with E-state index in [4.69, 9.17) is 10.5 Å². The summed E-state index contributed by atoms with van der Waals surface area (Å²) in [6.45, 7) is 5.76. The predicted octanol–water partition coefficient (Wildman–Crippen LogP) is 1.56. The Bertz CT molecular complexity index is 288. The van der Waals surface area contributed by atoms with Crippen molar-refractivity contribution in [2.24, 2.45) is 11.7 Å². The summed E-state index contributed by atoms with van der Waals surface area (Å²) in [5.41, 5.74) is 5.57. The summed E-state index contributed by atoms with van der Waals surface area (Å²) in [4.78, 5) is 14.4. The van der Waals surface area contributed by atoms with Crippen molar-refractivity contribution in [1.29, 1.82) is 0 Å². The fourth-order valence-electron chi connectivity index (χ4n) is 2.84. The van der Waals surface area contributed by atoms with Crippen molar-refractivity contribution < 1.29 is 9.53 Å². The lowest BCUT2D eigenvalue weighted by Gasteiger charge is -2.38. The first-order valence-corrected chi connectivity index (χ1v) is 6.77. The van der Waals surface area contributed by atoms with Gasteiger partial charge in [0.1, 0.15) is 6.10 Å². The molecule has 4 atom stereocenters. The van der Waals surface area contributed by atoms with Gasteiger partial charge in [-0.3, -0.25) is 4.79 Å². The van der Waals surface area contributed by atoms with Crippen LogP contribution < -0.4 is 5.73 Å². The molecular weight excluding hydrogens is 252 g/mol. The summed E-state index contributed by atoms with van der Waals surface area (Å²) in [7, 11) is 0. The molecule has 0 bridgehead atoms. The number of nitrogens with zero attached hydrogens (tertiary/aromatic N) is 1. The van der Waals surface area contributed by atoms with Gasteiger partial charge in [0.2, 0.25) is 0 Å². The van der Waals surface area contributed by atoms with Gasteiger partial charge in [0.15, 0.2) is 0 Å². The van der Waals surface area contributed by atoms with Crippen LogP contribution in [0, 0.1) is 5.92 Å². The summed E-state index contributed by atoms with van der Waals surface area (Å²) in [5.74, 6) is 0.793. The third kappa shape index (κ3) is 3.37. The molecule has 2 aliphatic rings. The van der Waals surface area contributed by atoms with Gasteiger partial charge in [-0.25, -0.2) is 0 Å². The van der Waals surface area contributed by atoms with Crippen LogP contribution in [0.15, 0.2) is 0 Å². The van der Waals surface area contributed by atoms with Crippen molar-refractivity contribution in [2.45, 2.75) is 57.8 Å². The van der Waals surface area contributed by atoms with Gasteiger partial charge in [0.05, 0.1) is 6.10 Å². The second-order valence-electron chi connectivity index (χ2n) is 5.58. The zero-order valence-electron chi connectivity index (χ0n) is 11.3. The monoisotopic (exact) mass is 276 g/mol. The van der Waals surface area contributed by atoms with Crippen LogP contribution in [0.25, 0.3) is 0 Å². The van der Waals surface area contributed by atoms with E-state index in [-0.39, 0.29) is 30.5 Å². The summed E-state index contributed by atoms with van der Waals surface area (Å²) < 4.78 is 5.69. The Balaban J connectivity index is 0.00000162. The Morgan fingerprint density at radius 1 is 1.28 bits per heavy atom. The molecule has 106 valence electrons. The molecule has 0 spiro atoms. The van der Waals surface area contributed by atoms with E-state index in [9.17, 15) is 4.79 Å². The third-order valence-corrected chi connectivity index (χ3v) is 4.05. The molecule has 0 aromatic carbocycles. The number of piperidine rings is 1. The maximum Gasteiger partial charge on any atom is 0.251 e. The van der Waals surface area contributed by atoms with Gasteiger partial charge in [-0.05, 0) is 38.5 Å². The Morgan fingerprint density at radius 2 is 2.00 bits per heavy atom. The zero-order chi connectivity index (χ0) is 12.4. The minimum atomic E-state index is -0.240. The van der Waals surface area contributed by atoms with Gasteiger partial charge in [-0.1, -0.05) is 6.92 Å². The lowest BCUT2D eigenvalue weighted by atomic mass is 9.94. The summed E-state index contributed by atoms with van der Waals surface area (Å²) in [6, 6.07) is 0.360. The highest BCUT2D eigenvalue weighted by atomic mass is 35.5. The molecule has 5 heteroatoms. The quantitative estimate of drug-likeness (QED) is 0.833. The number of hydrogen-bond donors (Lipinski definition) is 1. The first-order valence-electron chi connectivity index (χ1n) is 6.77. The minimum Gasteiger partial charge on any atom is -0.364 e. The van der Waals surface area contributed by atoms with Crippen molar-refractivity contribution in [3.63, 3.8) is 0 Å². The van der Waals surface area contributed by atoms with Crippen molar-refractivity contribution in [3.8, 4) is 0 Å². The lowest BCUT2D eigenvalue weighted by molar-refractivity contribution is -0.147. The van der Waals surface area contributed by atoms with Crippen LogP contribution >= 0.6 is 12.4 Å². The highest BCUT2D eigenvalue weighted by Crippen LogP contribution is 2.26. The number of likely N-dealkylation sites (tertiary alicyclic amines) is 1. The topological polar surface area (TPSA) is 55.6 Å². The molecule has 18 heavy (non-hydrogen) atoms. The number of amides is 1. The molecule has 4 nitrogen and oxygen atoms in total. The molecule has 0 aromatic heterocycles. The predicted molar refractivity (Wildman–Crippen MR) is 73.8 cm³/mol. The summed E-state index contributed by atoms with van der Waals surface area (Å²) in [5, 5.41) is 0. The minimum absolute atomic E-state index is 0. The van der Waals surface area contributed by atoms with Gasteiger partial charge in [0, 0.05) is 19.1 Å². The van der Waals surface area contributed by atoms with Crippen molar-refractivity contribution in [1.82, 2.24) is 4.90 Å². The number of rotatable bonds is 2. The molecule has 0 saturated carbocycles. The highest BCUT2D eigenvalue weighted by molar-refractivity contribution is 5.85. The molecule has 2 fully saturated rings. The van der Waals surface area contributed by atoms with Gasteiger partial charge in [-0.2, -0.15) is 0 Å². The molecule has 2 aliphatic heterocycles. The average molecular weight is 277 g/mol. The highest BCUT2D eigenvalue weighted by Gasteiger charge is 2.36. The Labute approximate surface area is 116 Å². The maximum atomic E-state index is 12.4. The van der Waals surface area contributed by atoms with Crippen LogP contribution in [0.2, 0.25) is 0 Å². The van der Waals surface area contributed by atoms with E-state index in [0.29, 0.717) is 18.5 Å². The number of ether oxygens (including phenoxy) is 1. The number of hydrogen-bond acceptors (Lipinski definition) is 3. The van der Waals surface area contributed by atoms with E-state index in [1.807, 2.05) is 4.90 Å². The largest absolute Gasteiger partial charge is 0.364 e. The molecule has 2 rings (SSSR count). The molecular formula is C13H25ClN2O2. The van der Waals surface area contributed by atoms with E-state index in [2.05, 4.69) is 13.8 Å². The first kappa shape index (κ1) is 15.7. The van der Waals surface area contributed by atoms with E-state index in [1.54, 1.807) is 0 Å². The van der Waals surface area contributed by atoms with Crippen molar-refractivity contribution >= 4 is 18.3 Å².